The van der Waals surface area contributed by atoms with Crippen LogP contribution in [0.25, 0.3) is 0 Å². The standard InChI is InChI=1S/C17H20N4OS2/c1-2-11-23-17-20-19-16(24-17)18-15(22)14-7-5-13(6-8-14)12-21-9-3-4-10-21/h2,5-8H,1,3-4,9-12H2,(H,18,19,22). The van der Waals surface area contributed by atoms with Crippen LogP contribution in [0.15, 0.2) is 41.3 Å². The highest BCUT2D eigenvalue weighted by atomic mass is 32.2. The maximum atomic E-state index is 12.3. The average molecular weight is 361 g/mol. The minimum atomic E-state index is -0.154. The summed E-state index contributed by atoms with van der Waals surface area (Å²) in [6, 6.07) is 7.79. The summed E-state index contributed by atoms with van der Waals surface area (Å²) in [6.07, 6.45) is 4.39. The average Bonchev–Trinajstić information content (AvgIpc) is 3.25. The SMILES string of the molecule is C=CCSc1nnc(NC(=O)c2ccc(CN3CCCC3)cc2)s1. The van der Waals surface area contributed by atoms with E-state index in [0.29, 0.717) is 10.7 Å². The van der Waals surface area contributed by atoms with E-state index in [1.807, 2.05) is 30.3 Å². The molecule has 24 heavy (non-hydrogen) atoms. The molecule has 1 aromatic heterocycles. The number of hydrogen-bond donors (Lipinski definition) is 1. The van der Waals surface area contributed by atoms with Gasteiger partial charge in [-0.1, -0.05) is 41.3 Å². The molecular weight excluding hydrogens is 340 g/mol. The Hall–Kier alpha value is -1.70. The summed E-state index contributed by atoms with van der Waals surface area (Å²) in [6.45, 7) is 6.98. The van der Waals surface area contributed by atoms with E-state index in [1.165, 1.54) is 42.8 Å². The number of likely N-dealkylation sites (tertiary alicyclic amines) is 1. The van der Waals surface area contributed by atoms with E-state index in [1.54, 1.807) is 11.8 Å². The number of anilines is 1. The second kappa shape index (κ2) is 8.41. The van der Waals surface area contributed by atoms with Crippen LogP contribution in [0.1, 0.15) is 28.8 Å². The molecule has 1 fully saturated rings. The van der Waals surface area contributed by atoms with Crippen molar-refractivity contribution < 1.29 is 4.79 Å². The molecule has 0 aliphatic carbocycles. The van der Waals surface area contributed by atoms with Gasteiger partial charge in [0.15, 0.2) is 4.34 Å². The first kappa shape index (κ1) is 17.1. The zero-order chi connectivity index (χ0) is 16.8. The quantitative estimate of drug-likeness (QED) is 0.464. The number of hydrogen-bond acceptors (Lipinski definition) is 6. The Kier molecular flexibility index (Phi) is 6.01. The van der Waals surface area contributed by atoms with Crippen molar-refractivity contribution in [3.63, 3.8) is 0 Å². The van der Waals surface area contributed by atoms with Gasteiger partial charge in [0.05, 0.1) is 0 Å². The van der Waals surface area contributed by atoms with Crippen molar-refractivity contribution in [1.29, 1.82) is 0 Å². The molecule has 1 N–H and O–H groups in total. The number of nitrogens with zero attached hydrogens (tertiary/aromatic N) is 3. The lowest BCUT2D eigenvalue weighted by Crippen LogP contribution is -2.18. The van der Waals surface area contributed by atoms with Gasteiger partial charge in [0.25, 0.3) is 5.91 Å². The molecule has 0 spiro atoms. The molecule has 5 nitrogen and oxygen atoms in total. The van der Waals surface area contributed by atoms with E-state index in [0.717, 1.165) is 16.6 Å². The van der Waals surface area contributed by atoms with E-state index < -0.39 is 0 Å². The number of carbonyl (C=O) groups is 1. The number of aromatic nitrogens is 2. The Bertz CT molecular complexity index is 693. The van der Waals surface area contributed by atoms with Crippen molar-refractivity contribution in [2.75, 3.05) is 24.2 Å². The van der Waals surface area contributed by atoms with Crippen molar-refractivity contribution >= 4 is 34.1 Å². The molecule has 3 rings (SSSR count). The van der Waals surface area contributed by atoms with Gasteiger partial charge in [0.2, 0.25) is 5.13 Å². The first-order chi connectivity index (χ1) is 11.7. The maximum Gasteiger partial charge on any atom is 0.257 e. The molecule has 126 valence electrons. The van der Waals surface area contributed by atoms with Crippen molar-refractivity contribution in [3.05, 3.63) is 48.0 Å². The fraction of sp³-hybridized carbons (Fsp3) is 0.353. The molecule has 0 bridgehead atoms. The summed E-state index contributed by atoms with van der Waals surface area (Å²) in [4.78, 5) is 14.7. The molecule has 1 aliphatic rings. The lowest BCUT2D eigenvalue weighted by atomic mass is 10.1. The van der Waals surface area contributed by atoms with Crippen LogP contribution in [0.5, 0.6) is 0 Å². The monoisotopic (exact) mass is 360 g/mol. The predicted molar refractivity (Wildman–Crippen MR) is 99.7 cm³/mol. The van der Waals surface area contributed by atoms with Crippen molar-refractivity contribution in [2.24, 2.45) is 0 Å². The Balaban J connectivity index is 1.56. The summed E-state index contributed by atoms with van der Waals surface area (Å²) >= 11 is 2.93. The molecule has 2 aromatic rings. The minimum Gasteiger partial charge on any atom is -0.299 e. The van der Waals surface area contributed by atoms with Crippen LogP contribution >= 0.6 is 23.1 Å². The van der Waals surface area contributed by atoms with Crippen LogP contribution in [-0.2, 0) is 6.54 Å². The van der Waals surface area contributed by atoms with Gasteiger partial charge in [-0.25, -0.2) is 0 Å². The van der Waals surface area contributed by atoms with Gasteiger partial charge in [0, 0.05) is 17.9 Å². The molecule has 0 radical (unpaired) electrons. The van der Waals surface area contributed by atoms with Crippen molar-refractivity contribution in [1.82, 2.24) is 15.1 Å². The first-order valence-electron chi connectivity index (χ1n) is 7.94. The van der Waals surface area contributed by atoms with Gasteiger partial charge in [0.1, 0.15) is 0 Å². The van der Waals surface area contributed by atoms with Gasteiger partial charge in [-0.2, -0.15) is 0 Å². The van der Waals surface area contributed by atoms with Crippen molar-refractivity contribution in [2.45, 2.75) is 23.7 Å². The van der Waals surface area contributed by atoms with Crippen LogP contribution < -0.4 is 5.32 Å². The van der Waals surface area contributed by atoms with E-state index in [9.17, 15) is 4.79 Å². The van der Waals surface area contributed by atoms with Crippen LogP contribution in [-0.4, -0.2) is 39.8 Å². The summed E-state index contributed by atoms with van der Waals surface area (Å²) < 4.78 is 0.825. The van der Waals surface area contributed by atoms with Crippen LogP contribution in [0.3, 0.4) is 0 Å². The Morgan fingerprint density at radius 1 is 1.29 bits per heavy atom. The number of amides is 1. The third-order valence-corrected chi connectivity index (χ3v) is 5.74. The van der Waals surface area contributed by atoms with Crippen molar-refractivity contribution in [3.8, 4) is 0 Å². The smallest absolute Gasteiger partial charge is 0.257 e. The zero-order valence-electron chi connectivity index (χ0n) is 13.4. The van der Waals surface area contributed by atoms with E-state index in [2.05, 4.69) is 27.0 Å². The predicted octanol–water partition coefficient (Wildman–Crippen LogP) is 3.66. The third kappa shape index (κ3) is 4.66. The summed E-state index contributed by atoms with van der Waals surface area (Å²) in [5, 5.41) is 11.4. The molecule has 0 saturated carbocycles. The summed E-state index contributed by atoms with van der Waals surface area (Å²) in [5.41, 5.74) is 1.88. The number of nitrogens with one attached hydrogen (secondary N) is 1. The lowest BCUT2D eigenvalue weighted by Gasteiger charge is -2.14. The van der Waals surface area contributed by atoms with Crippen LogP contribution in [0.2, 0.25) is 0 Å². The molecular formula is C17H20N4OS2. The molecule has 2 heterocycles. The first-order valence-corrected chi connectivity index (χ1v) is 9.74. The second-order valence-corrected chi connectivity index (χ2v) is 7.85. The Labute approximate surface area is 150 Å². The number of thioether (sulfide) groups is 1. The summed E-state index contributed by atoms with van der Waals surface area (Å²) in [5.74, 6) is 0.625. The number of carbonyl (C=O) groups excluding carboxylic acids is 1. The number of rotatable bonds is 7. The van der Waals surface area contributed by atoms with E-state index in [4.69, 9.17) is 0 Å². The van der Waals surface area contributed by atoms with Crippen LogP contribution in [0, 0.1) is 0 Å². The summed E-state index contributed by atoms with van der Waals surface area (Å²) in [7, 11) is 0. The molecule has 1 aliphatic heterocycles. The normalized spacial score (nSPS) is 14.7. The second-order valence-electron chi connectivity index (χ2n) is 5.61. The molecule has 0 unspecified atom stereocenters. The molecule has 7 heteroatoms. The lowest BCUT2D eigenvalue weighted by molar-refractivity contribution is 0.102. The molecule has 0 atom stereocenters. The Morgan fingerprint density at radius 2 is 2.04 bits per heavy atom. The molecule has 1 saturated heterocycles. The maximum absolute atomic E-state index is 12.3. The molecule has 1 aromatic carbocycles. The fourth-order valence-corrected chi connectivity index (χ4v) is 4.09. The van der Waals surface area contributed by atoms with E-state index >= 15 is 0 Å². The fourth-order valence-electron chi connectivity index (χ4n) is 2.58. The third-order valence-electron chi connectivity index (χ3n) is 3.77. The van der Waals surface area contributed by atoms with Gasteiger partial charge < -0.3 is 0 Å². The van der Waals surface area contributed by atoms with E-state index in [-0.39, 0.29) is 5.91 Å². The van der Waals surface area contributed by atoms with Gasteiger partial charge >= 0.3 is 0 Å². The number of benzene rings is 1. The molecule has 1 amide bonds. The highest BCUT2D eigenvalue weighted by Crippen LogP contribution is 2.25. The largest absolute Gasteiger partial charge is 0.299 e. The van der Waals surface area contributed by atoms with Gasteiger partial charge in [-0.3, -0.25) is 15.0 Å². The Morgan fingerprint density at radius 3 is 2.75 bits per heavy atom. The van der Waals surface area contributed by atoms with Crippen LogP contribution in [0.4, 0.5) is 5.13 Å². The highest BCUT2D eigenvalue weighted by molar-refractivity contribution is 8.01. The van der Waals surface area contributed by atoms with Gasteiger partial charge in [-0.05, 0) is 43.6 Å². The van der Waals surface area contributed by atoms with Gasteiger partial charge in [-0.15, -0.1) is 16.8 Å². The minimum absolute atomic E-state index is 0.154. The zero-order valence-corrected chi connectivity index (χ0v) is 15.0. The highest BCUT2D eigenvalue weighted by Gasteiger charge is 2.13. The topological polar surface area (TPSA) is 58.1 Å².